The Labute approximate surface area is 127 Å². The van der Waals surface area contributed by atoms with Crippen molar-refractivity contribution in [2.45, 2.75) is 27.7 Å². The van der Waals surface area contributed by atoms with Crippen molar-refractivity contribution < 1.29 is 4.79 Å². The molecule has 0 radical (unpaired) electrons. The Morgan fingerprint density at radius 1 is 1.28 bits per heavy atom. The largest absolute Gasteiger partial charge is 0.370 e. The SMILES string of the molecule is C=C(C)CN=C(N)NCCNC(=O)C(C)(C)C.I. The summed E-state index contributed by atoms with van der Waals surface area (Å²) in [5, 5.41) is 5.73. The fourth-order valence-corrected chi connectivity index (χ4v) is 0.908. The Balaban J connectivity index is 0. The van der Waals surface area contributed by atoms with Crippen molar-refractivity contribution in [2.24, 2.45) is 16.1 Å². The Morgan fingerprint density at radius 2 is 1.78 bits per heavy atom. The maximum atomic E-state index is 11.5. The van der Waals surface area contributed by atoms with Crippen LogP contribution >= 0.6 is 24.0 Å². The van der Waals surface area contributed by atoms with Gasteiger partial charge in [0.05, 0.1) is 6.54 Å². The molecular formula is C12H25IN4O. The van der Waals surface area contributed by atoms with E-state index in [2.05, 4.69) is 22.2 Å². The Hall–Kier alpha value is -0.790. The first-order valence-corrected chi connectivity index (χ1v) is 5.70. The zero-order valence-corrected chi connectivity index (χ0v) is 14.0. The summed E-state index contributed by atoms with van der Waals surface area (Å²) >= 11 is 0. The quantitative estimate of drug-likeness (QED) is 0.225. The number of hydrogen-bond acceptors (Lipinski definition) is 2. The van der Waals surface area contributed by atoms with Gasteiger partial charge in [0.1, 0.15) is 0 Å². The highest BCUT2D eigenvalue weighted by Gasteiger charge is 2.19. The molecule has 18 heavy (non-hydrogen) atoms. The van der Waals surface area contributed by atoms with E-state index in [-0.39, 0.29) is 35.3 Å². The number of nitrogens with two attached hydrogens (primary N) is 1. The van der Waals surface area contributed by atoms with Gasteiger partial charge < -0.3 is 16.4 Å². The Bertz CT molecular complexity index is 308. The fraction of sp³-hybridized carbons (Fsp3) is 0.667. The molecule has 0 rings (SSSR count). The van der Waals surface area contributed by atoms with Gasteiger partial charge in [-0.15, -0.1) is 24.0 Å². The van der Waals surface area contributed by atoms with Crippen LogP contribution in [0, 0.1) is 5.41 Å². The number of carbonyl (C=O) groups excluding carboxylic acids is 1. The van der Waals surface area contributed by atoms with E-state index in [9.17, 15) is 4.79 Å². The molecule has 0 aromatic carbocycles. The van der Waals surface area contributed by atoms with Crippen molar-refractivity contribution >= 4 is 35.8 Å². The first kappa shape index (κ1) is 19.5. The summed E-state index contributed by atoms with van der Waals surface area (Å²) in [6, 6.07) is 0. The number of amides is 1. The van der Waals surface area contributed by atoms with Crippen molar-refractivity contribution in [3.8, 4) is 0 Å². The van der Waals surface area contributed by atoms with E-state index in [1.807, 2.05) is 27.7 Å². The van der Waals surface area contributed by atoms with Crippen LogP contribution in [-0.4, -0.2) is 31.5 Å². The van der Waals surface area contributed by atoms with E-state index in [4.69, 9.17) is 5.73 Å². The molecule has 6 heteroatoms. The van der Waals surface area contributed by atoms with E-state index in [1.165, 1.54) is 0 Å². The maximum Gasteiger partial charge on any atom is 0.225 e. The number of nitrogens with one attached hydrogen (secondary N) is 2. The Morgan fingerprint density at radius 3 is 2.22 bits per heavy atom. The van der Waals surface area contributed by atoms with Gasteiger partial charge in [0, 0.05) is 18.5 Å². The summed E-state index contributed by atoms with van der Waals surface area (Å²) in [6.07, 6.45) is 0. The highest BCUT2D eigenvalue weighted by Crippen LogP contribution is 2.11. The van der Waals surface area contributed by atoms with Crippen molar-refractivity contribution in [3.63, 3.8) is 0 Å². The molecule has 1 amide bonds. The average molecular weight is 368 g/mol. The van der Waals surface area contributed by atoms with Crippen LogP contribution in [0.1, 0.15) is 27.7 Å². The molecular weight excluding hydrogens is 343 g/mol. The second kappa shape index (κ2) is 9.18. The zero-order chi connectivity index (χ0) is 13.5. The lowest BCUT2D eigenvalue weighted by molar-refractivity contribution is -0.128. The predicted octanol–water partition coefficient (Wildman–Crippen LogP) is 1.25. The summed E-state index contributed by atoms with van der Waals surface area (Å²) < 4.78 is 0. The van der Waals surface area contributed by atoms with Crippen LogP contribution in [0.4, 0.5) is 0 Å². The first-order chi connectivity index (χ1) is 7.73. The van der Waals surface area contributed by atoms with E-state index in [1.54, 1.807) is 0 Å². The third-order valence-corrected chi connectivity index (χ3v) is 1.92. The molecule has 0 aliphatic carbocycles. The zero-order valence-electron chi connectivity index (χ0n) is 11.7. The van der Waals surface area contributed by atoms with Crippen LogP contribution in [0.25, 0.3) is 0 Å². The van der Waals surface area contributed by atoms with Gasteiger partial charge in [-0.3, -0.25) is 4.79 Å². The van der Waals surface area contributed by atoms with Gasteiger partial charge in [-0.1, -0.05) is 32.9 Å². The van der Waals surface area contributed by atoms with Crippen LogP contribution in [0.5, 0.6) is 0 Å². The van der Waals surface area contributed by atoms with Crippen LogP contribution in [-0.2, 0) is 4.79 Å². The van der Waals surface area contributed by atoms with Crippen molar-refractivity contribution in [1.82, 2.24) is 10.6 Å². The average Bonchev–Trinajstić information content (AvgIpc) is 2.19. The molecule has 5 nitrogen and oxygen atoms in total. The third kappa shape index (κ3) is 10.4. The van der Waals surface area contributed by atoms with Gasteiger partial charge >= 0.3 is 0 Å². The second-order valence-corrected chi connectivity index (χ2v) is 5.09. The molecule has 0 aromatic rings. The van der Waals surface area contributed by atoms with E-state index in [0.29, 0.717) is 25.6 Å². The van der Waals surface area contributed by atoms with Gasteiger partial charge in [-0.2, -0.15) is 0 Å². The summed E-state index contributed by atoms with van der Waals surface area (Å²) in [4.78, 5) is 15.6. The van der Waals surface area contributed by atoms with Gasteiger partial charge in [-0.05, 0) is 6.92 Å². The van der Waals surface area contributed by atoms with E-state index in [0.717, 1.165) is 5.57 Å². The summed E-state index contributed by atoms with van der Waals surface area (Å²) in [6.45, 7) is 12.8. The summed E-state index contributed by atoms with van der Waals surface area (Å²) in [5.41, 5.74) is 6.20. The molecule has 0 aliphatic heterocycles. The molecule has 0 fully saturated rings. The van der Waals surface area contributed by atoms with Crippen LogP contribution in [0.2, 0.25) is 0 Å². The number of carbonyl (C=O) groups is 1. The van der Waals surface area contributed by atoms with Crippen molar-refractivity contribution in [3.05, 3.63) is 12.2 Å². The van der Waals surface area contributed by atoms with Gasteiger partial charge in [0.2, 0.25) is 5.91 Å². The molecule has 0 atom stereocenters. The standard InChI is InChI=1S/C12H24N4O.HI/c1-9(2)8-16-11(13)15-7-6-14-10(17)12(3,4)5;/h1,6-8H2,2-5H3,(H,14,17)(H3,13,15,16);1H. The van der Waals surface area contributed by atoms with Crippen LogP contribution in [0.15, 0.2) is 17.1 Å². The Kier molecular flexibility index (Phi) is 9.97. The molecule has 0 heterocycles. The molecule has 0 bridgehead atoms. The highest BCUT2D eigenvalue weighted by molar-refractivity contribution is 14.0. The van der Waals surface area contributed by atoms with Crippen molar-refractivity contribution in [2.75, 3.05) is 19.6 Å². The first-order valence-electron chi connectivity index (χ1n) is 5.70. The minimum absolute atomic E-state index is 0. The topological polar surface area (TPSA) is 79.5 Å². The number of rotatable bonds is 5. The van der Waals surface area contributed by atoms with Crippen LogP contribution in [0.3, 0.4) is 0 Å². The molecule has 0 unspecified atom stereocenters. The monoisotopic (exact) mass is 368 g/mol. The normalized spacial score (nSPS) is 11.4. The molecule has 0 saturated heterocycles. The third-order valence-electron chi connectivity index (χ3n) is 1.92. The van der Waals surface area contributed by atoms with Gasteiger partial charge in [0.25, 0.3) is 0 Å². The number of nitrogens with zero attached hydrogens (tertiary/aromatic N) is 1. The molecule has 0 aliphatic rings. The van der Waals surface area contributed by atoms with Gasteiger partial charge in [-0.25, -0.2) is 4.99 Å². The molecule has 0 aromatic heterocycles. The fourth-order valence-electron chi connectivity index (χ4n) is 0.908. The minimum atomic E-state index is -0.362. The molecule has 4 N–H and O–H groups in total. The molecule has 0 saturated carbocycles. The van der Waals surface area contributed by atoms with Gasteiger partial charge in [0.15, 0.2) is 5.96 Å². The summed E-state index contributed by atoms with van der Waals surface area (Å²) in [7, 11) is 0. The number of halogens is 1. The van der Waals surface area contributed by atoms with E-state index >= 15 is 0 Å². The van der Waals surface area contributed by atoms with E-state index < -0.39 is 0 Å². The minimum Gasteiger partial charge on any atom is -0.370 e. The highest BCUT2D eigenvalue weighted by atomic mass is 127. The lowest BCUT2D eigenvalue weighted by Gasteiger charge is -2.17. The molecule has 106 valence electrons. The number of guanidine groups is 1. The lowest BCUT2D eigenvalue weighted by atomic mass is 9.96. The maximum absolute atomic E-state index is 11.5. The molecule has 0 spiro atoms. The summed E-state index contributed by atoms with van der Waals surface area (Å²) in [5.74, 6) is 0.398. The smallest absolute Gasteiger partial charge is 0.225 e. The predicted molar refractivity (Wildman–Crippen MR) is 87.2 cm³/mol. The number of aliphatic imine (C=N–C) groups is 1. The lowest BCUT2D eigenvalue weighted by Crippen LogP contribution is -2.41. The second-order valence-electron chi connectivity index (χ2n) is 5.09. The van der Waals surface area contributed by atoms with Crippen LogP contribution < -0.4 is 16.4 Å². The number of hydrogen-bond donors (Lipinski definition) is 3. The van der Waals surface area contributed by atoms with Crippen molar-refractivity contribution in [1.29, 1.82) is 0 Å².